The fraction of sp³-hybridized carbons (Fsp3) is 0.333. The Labute approximate surface area is 192 Å². The van der Waals surface area contributed by atoms with E-state index in [1.807, 2.05) is 0 Å². The van der Waals surface area contributed by atoms with Gasteiger partial charge in [-0.2, -0.15) is 0 Å². The number of aliphatic hydroxyl groups is 1. The lowest BCUT2D eigenvalue weighted by Crippen LogP contribution is -2.16. The highest BCUT2D eigenvalue weighted by Gasteiger charge is 2.23. The van der Waals surface area contributed by atoms with Gasteiger partial charge in [0.2, 0.25) is 0 Å². The first-order valence-corrected chi connectivity index (χ1v) is 11.1. The molecule has 0 bridgehead atoms. The highest BCUT2D eigenvalue weighted by atomic mass is 32.2. The molecule has 0 saturated heterocycles. The van der Waals surface area contributed by atoms with E-state index in [-0.39, 0.29) is 29.6 Å². The number of carbonyl (C=O) groups is 1. The molecule has 1 saturated carbocycles. The smallest absolute Gasteiger partial charge is 0.270 e. The van der Waals surface area contributed by atoms with Crippen LogP contribution >= 0.6 is 11.8 Å². The van der Waals surface area contributed by atoms with Gasteiger partial charge in [0.1, 0.15) is 6.61 Å². The van der Waals surface area contributed by atoms with E-state index in [2.05, 4.69) is 20.5 Å². The number of anilines is 1. The Morgan fingerprint density at radius 3 is 2.73 bits per heavy atom. The highest BCUT2D eigenvalue weighted by molar-refractivity contribution is 7.99. The van der Waals surface area contributed by atoms with E-state index in [1.54, 1.807) is 13.2 Å². The molecule has 1 fully saturated rings. The lowest BCUT2D eigenvalue weighted by atomic mass is 9.99. The summed E-state index contributed by atoms with van der Waals surface area (Å²) in [6.07, 6.45) is 5.74. The van der Waals surface area contributed by atoms with Crippen molar-refractivity contribution in [3.05, 3.63) is 63.3 Å². The highest BCUT2D eigenvalue weighted by Crippen LogP contribution is 2.35. The number of aromatic nitrogens is 4. The molecule has 2 heterocycles. The van der Waals surface area contributed by atoms with Crippen LogP contribution in [0.3, 0.4) is 0 Å². The quantitative estimate of drug-likeness (QED) is 0.391. The van der Waals surface area contributed by atoms with Gasteiger partial charge in [-0.15, -0.1) is 10.2 Å². The van der Waals surface area contributed by atoms with Crippen molar-refractivity contribution in [2.75, 3.05) is 5.32 Å². The van der Waals surface area contributed by atoms with Crippen LogP contribution in [0.5, 0.6) is 0 Å². The predicted octanol–water partition coefficient (Wildman–Crippen LogP) is 3.81. The van der Waals surface area contributed by atoms with E-state index in [9.17, 15) is 24.4 Å². The van der Waals surface area contributed by atoms with Crippen LogP contribution in [-0.2, 0) is 13.7 Å². The number of carbonyl (C=O) groups excluding carboxylic acids is 1. The van der Waals surface area contributed by atoms with Crippen LogP contribution in [0.4, 0.5) is 15.9 Å². The van der Waals surface area contributed by atoms with E-state index in [0.29, 0.717) is 15.9 Å². The molecule has 0 radical (unpaired) electrons. The minimum atomic E-state index is -0.745. The summed E-state index contributed by atoms with van der Waals surface area (Å²) >= 11 is 1.04. The van der Waals surface area contributed by atoms with Crippen LogP contribution in [0, 0.1) is 15.9 Å². The van der Waals surface area contributed by atoms with Crippen molar-refractivity contribution in [1.82, 2.24) is 19.7 Å². The summed E-state index contributed by atoms with van der Waals surface area (Å²) in [5.74, 6) is -1.06. The van der Waals surface area contributed by atoms with Crippen molar-refractivity contribution in [1.29, 1.82) is 0 Å². The second-order valence-electron chi connectivity index (χ2n) is 7.69. The van der Waals surface area contributed by atoms with Gasteiger partial charge in [0.15, 0.2) is 22.6 Å². The minimum Gasteiger partial charge on any atom is -0.388 e. The van der Waals surface area contributed by atoms with Gasteiger partial charge in [-0.3, -0.25) is 14.9 Å². The van der Waals surface area contributed by atoms with Crippen molar-refractivity contribution in [2.45, 2.75) is 48.3 Å². The number of pyridine rings is 1. The Bertz CT molecular complexity index is 1210. The number of hydrogen-bond donors (Lipinski definition) is 2. The first-order valence-electron chi connectivity index (χ1n) is 10.3. The fourth-order valence-electron chi connectivity index (χ4n) is 3.77. The molecule has 3 aromatic rings. The lowest BCUT2D eigenvalue weighted by Gasteiger charge is -2.12. The summed E-state index contributed by atoms with van der Waals surface area (Å²) in [5.41, 5.74) is 0.476. The van der Waals surface area contributed by atoms with Crippen LogP contribution in [0.15, 0.2) is 40.5 Å². The monoisotopic (exact) mass is 472 g/mol. The number of aliphatic hydroxyl groups excluding tert-OH is 1. The Balaban J connectivity index is 1.62. The van der Waals surface area contributed by atoms with Gasteiger partial charge in [0, 0.05) is 30.3 Å². The number of nitrogens with zero attached hydrogens (tertiary/aromatic N) is 5. The predicted molar refractivity (Wildman–Crippen MR) is 118 cm³/mol. The summed E-state index contributed by atoms with van der Waals surface area (Å²) in [4.78, 5) is 28.1. The second kappa shape index (κ2) is 9.63. The first kappa shape index (κ1) is 22.8. The Kier molecular flexibility index (Phi) is 6.65. The molecule has 2 aromatic heterocycles. The molecule has 0 spiro atoms. The summed E-state index contributed by atoms with van der Waals surface area (Å²) in [6, 6.07) is 5.18. The number of rotatable bonds is 7. The van der Waals surface area contributed by atoms with E-state index in [0.717, 1.165) is 49.1 Å². The third kappa shape index (κ3) is 4.86. The molecule has 1 amide bonds. The lowest BCUT2D eigenvalue weighted by molar-refractivity contribution is -0.384. The number of nitrogens with one attached hydrogen (secondary N) is 1. The largest absolute Gasteiger partial charge is 0.388 e. The Morgan fingerprint density at radius 1 is 1.33 bits per heavy atom. The molecule has 10 nitrogen and oxygen atoms in total. The zero-order chi connectivity index (χ0) is 23.5. The Morgan fingerprint density at radius 2 is 2.09 bits per heavy atom. The van der Waals surface area contributed by atoms with Crippen LogP contribution in [0.1, 0.15) is 53.3 Å². The van der Waals surface area contributed by atoms with Crippen molar-refractivity contribution >= 4 is 29.2 Å². The molecule has 1 aromatic carbocycles. The normalized spacial score (nSPS) is 13.9. The number of hydrogen-bond acceptors (Lipinski definition) is 8. The molecule has 1 aliphatic carbocycles. The third-order valence-corrected chi connectivity index (χ3v) is 6.72. The average Bonchev–Trinajstić information content (AvgIpc) is 3.46. The molecule has 33 heavy (non-hydrogen) atoms. The van der Waals surface area contributed by atoms with Gasteiger partial charge < -0.3 is 15.0 Å². The number of nitro groups is 1. The maximum Gasteiger partial charge on any atom is 0.270 e. The molecule has 0 atom stereocenters. The molecular weight excluding hydrogens is 451 g/mol. The number of amides is 1. The topological polar surface area (TPSA) is 136 Å². The number of nitro benzene ring substituents is 1. The number of benzene rings is 1. The SMILES string of the molecule is Cn1c(CO)nnc1Sc1ccc([N+](=O)[O-])cc1C(=O)Nc1ncc(C2CCCC2)cc1F. The molecule has 2 N–H and O–H groups in total. The van der Waals surface area contributed by atoms with Crippen molar-refractivity contribution in [3.8, 4) is 0 Å². The van der Waals surface area contributed by atoms with Gasteiger partial charge >= 0.3 is 0 Å². The van der Waals surface area contributed by atoms with Crippen molar-refractivity contribution in [2.24, 2.45) is 7.05 Å². The van der Waals surface area contributed by atoms with Gasteiger partial charge in [-0.05, 0) is 48.2 Å². The maximum absolute atomic E-state index is 14.7. The zero-order valence-electron chi connectivity index (χ0n) is 17.7. The van der Waals surface area contributed by atoms with Gasteiger partial charge in [-0.1, -0.05) is 12.8 Å². The summed E-state index contributed by atoms with van der Waals surface area (Å²) in [6.45, 7) is -0.320. The van der Waals surface area contributed by atoms with E-state index < -0.39 is 16.6 Å². The average molecular weight is 473 g/mol. The number of non-ortho nitro benzene ring substituents is 1. The standard InChI is InChI=1S/C21H21FN6O4S/c1-27-18(11-29)25-26-21(27)33-17-7-6-14(28(31)32)9-15(17)20(30)24-19-16(22)8-13(10-23-19)12-4-2-3-5-12/h6-10,12,29H,2-5,11H2,1H3,(H,23,24,30). The molecule has 1 aliphatic rings. The summed E-state index contributed by atoms with van der Waals surface area (Å²) in [7, 11) is 1.64. The molecular formula is C21H21FN6O4S. The zero-order valence-corrected chi connectivity index (χ0v) is 18.5. The van der Waals surface area contributed by atoms with Gasteiger partial charge in [0.05, 0.1) is 10.5 Å². The third-order valence-electron chi connectivity index (χ3n) is 5.61. The van der Waals surface area contributed by atoms with Crippen LogP contribution in [-0.4, -0.2) is 35.7 Å². The van der Waals surface area contributed by atoms with E-state index in [4.69, 9.17) is 0 Å². The molecule has 12 heteroatoms. The maximum atomic E-state index is 14.7. The molecule has 172 valence electrons. The van der Waals surface area contributed by atoms with Crippen LogP contribution < -0.4 is 5.32 Å². The second-order valence-corrected chi connectivity index (χ2v) is 8.70. The van der Waals surface area contributed by atoms with Crippen LogP contribution in [0.2, 0.25) is 0 Å². The molecule has 0 unspecified atom stereocenters. The molecule has 4 rings (SSSR count). The van der Waals surface area contributed by atoms with Gasteiger partial charge in [-0.25, -0.2) is 9.37 Å². The minimum absolute atomic E-state index is 0.0381. The van der Waals surface area contributed by atoms with E-state index in [1.165, 1.54) is 22.8 Å². The fourth-order valence-corrected chi connectivity index (χ4v) is 4.69. The van der Waals surface area contributed by atoms with Crippen molar-refractivity contribution < 1.29 is 19.2 Å². The first-order chi connectivity index (χ1) is 15.9. The summed E-state index contributed by atoms with van der Waals surface area (Å²) < 4.78 is 16.2. The van der Waals surface area contributed by atoms with Crippen LogP contribution in [0.25, 0.3) is 0 Å². The van der Waals surface area contributed by atoms with Gasteiger partial charge in [0.25, 0.3) is 11.6 Å². The van der Waals surface area contributed by atoms with Crippen molar-refractivity contribution in [3.63, 3.8) is 0 Å². The Hall–Kier alpha value is -3.38. The van der Waals surface area contributed by atoms with E-state index >= 15 is 0 Å². The summed E-state index contributed by atoms with van der Waals surface area (Å²) in [5, 5.41) is 31.2. The number of halogens is 1. The molecule has 0 aliphatic heterocycles.